The molecular weight excluding hydrogens is 199 g/mol. The van der Waals surface area contributed by atoms with Crippen molar-refractivity contribution in [3.63, 3.8) is 0 Å². The van der Waals surface area contributed by atoms with Crippen LogP contribution in [0.2, 0.25) is 0 Å². The van der Waals surface area contributed by atoms with Crippen molar-refractivity contribution in [1.29, 1.82) is 0 Å². The smallest absolute Gasteiger partial charge is 0.335 e. The summed E-state index contributed by atoms with van der Waals surface area (Å²) in [5.41, 5.74) is 0.304. The first-order chi connectivity index (χ1) is 7.00. The number of benzene rings is 1. The molecule has 0 saturated carbocycles. The van der Waals surface area contributed by atoms with Gasteiger partial charge in [-0.3, -0.25) is 0 Å². The monoisotopic (exact) mass is 210 g/mol. The zero-order valence-corrected chi connectivity index (χ0v) is 8.24. The molecule has 3 nitrogen and oxygen atoms in total. The molecule has 4 heteroatoms. The van der Waals surface area contributed by atoms with Gasteiger partial charge in [-0.15, -0.1) is 0 Å². The quantitative estimate of drug-likeness (QED) is 0.615. The van der Waals surface area contributed by atoms with Crippen LogP contribution in [0.25, 0.3) is 0 Å². The first-order valence-electron chi connectivity index (χ1n) is 4.30. The van der Waals surface area contributed by atoms with E-state index in [1.165, 1.54) is 31.2 Å². The molecule has 1 unspecified atom stereocenters. The Kier molecular flexibility index (Phi) is 3.44. The van der Waals surface area contributed by atoms with E-state index in [2.05, 4.69) is 11.3 Å². The summed E-state index contributed by atoms with van der Waals surface area (Å²) < 4.78 is 17.8. The Morgan fingerprint density at radius 3 is 2.47 bits per heavy atom. The van der Waals surface area contributed by atoms with Crippen LogP contribution in [0.15, 0.2) is 36.4 Å². The number of carbonyl (C=O) groups is 1. The van der Waals surface area contributed by atoms with Crippen molar-refractivity contribution < 1.29 is 19.0 Å². The van der Waals surface area contributed by atoms with Crippen molar-refractivity contribution in [2.75, 3.05) is 0 Å². The zero-order valence-electron chi connectivity index (χ0n) is 8.24. The largest absolute Gasteiger partial charge is 0.508 e. The predicted molar refractivity (Wildman–Crippen MR) is 52.9 cm³/mol. The molecule has 0 spiro atoms. The summed E-state index contributed by atoms with van der Waals surface area (Å²) in [5, 5.41) is 8.96. The number of esters is 1. The first kappa shape index (κ1) is 11.2. The predicted octanol–water partition coefficient (Wildman–Crippen LogP) is 2.48. The standard InChI is InChI=1S/C11H11FO3/c1-7(2)11(14)15-10(12)8-3-5-9(13)6-4-8/h3-6,10,13H,1H2,2H3. The molecule has 0 bridgehead atoms. The molecule has 0 fully saturated rings. The Bertz CT molecular complexity index is 370. The van der Waals surface area contributed by atoms with E-state index < -0.39 is 12.3 Å². The Labute approximate surface area is 86.8 Å². The van der Waals surface area contributed by atoms with Gasteiger partial charge in [0.15, 0.2) is 0 Å². The maximum atomic E-state index is 13.3. The molecule has 1 N–H and O–H groups in total. The van der Waals surface area contributed by atoms with Gasteiger partial charge in [0.25, 0.3) is 6.36 Å². The van der Waals surface area contributed by atoms with Crippen LogP contribution in [0.1, 0.15) is 18.8 Å². The van der Waals surface area contributed by atoms with Gasteiger partial charge in [0.1, 0.15) is 5.75 Å². The van der Waals surface area contributed by atoms with E-state index in [0.717, 1.165) is 0 Å². The molecule has 15 heavy (non-hydrogen) atoms. The lowest BCUT2D eigenvalue weighted by atomic mass is 10.2. The third-order valence-electron chi connectivity index (χ3n) is 1.71. The molecular formula is C11H11FO3. The minimum Gasteiger partial charge on any atom is -0.508 e. The number of aromatic hydroxyl groups is 1. The molecule has 1 rings (SSSR count). The van der Waals surface area contributed by atoms with Crippen molar-refractivity contribution in [3.05, 3.63) is 42.0 Å². The van der Waals surface area contributed by atoms with E-state index in [0.29, 0.717) is 0 Å². The third kappa shape index (κ3) is 3.09. The van der Waals surface area contributed by atoms with Gasteiger partial charge in [-0.1, -0.05) is 6.58 Å². The summed E-state index contributed by atoms with van der Waals surface area (Å²) in [4.78, 5) is 11.0. The molecule has 80 valence electrons. The number of hydrogen-bond acceptors (Lipinski definition) is 3. The Balaban J connectivity index is 2.69. The van der Waals surface area contributed by atoms with E-state index in [1.54, 1.807) is 0 Å². The van der Waals surface area contributed by atoms with Gasteiger partial charge in [0, 0.05) is 11.1 Å². The van der Waals surface area contributed by atoms with Crippen LogP contribution in [-0.2, 0) is 9.53 Å². The maximum Gasteiger partial charge on any atom is 0.335 e. The molecule has 1 atom stereocenters. The fraction of sp³-hybridized carbons (Fsp3) is 0.182. The highest BCUT2D eigenvalue weighted by Gasteiger charge is 2.15. The zero-order chi connectivity index (χ0) is 11.4. The molecule has 0 aromatic heterocycles. The lowest BCUT2D eigenvalue weighted by molar-refractivity contribution is -0.153. The molecule has 1 aromatic carbocycles. The third-order valence-corrected chi connectivity index (χ3v) is 1.71. The van der Waals surface area contributed by atoms with Gasteiger partial charge < -0.3 is 9.84 Å². The molecule has 0 aliphatic heterocycles. The summed E-state index contributed by atoms with van der Waals surface area (Å²) in [7, 11) is 0. The summed E-state index contributed by atoms with van der Waals surface area (Å²) in [5.74, 6) is -0.757. The molecule has 0 aliphatic rings. The highest BCUT2D eigenvalue weighted by molar-refractivity contribution is 5.87. The van der Waals surface area contributed by atoms with Crippen molar-refractivity contribution in [2.45, 2.75) is 13.3 Å². The average Bonchev–Trinajstić information content (AvgIpc) is 2.18. The van der Waals surface area contributed by atoms with Crippen LogP contribution in [0.5, 0.6) is 5.75 Å². The minimum atomic E-state index is -1.84. The number of alkyl halides is 1. The fourth-order valence-corrected chi connectivity index (χ4v) is 0.888. The van der Waals surface area contributed by atoms with E-state index >= 15 is 0 Å². The van der Waals surface area contributed by atoms with Crippen LogP contribution in [0, 0.1) is 0 Å². The number of carbonyl (C=O) groups excluding carboxylic acids is 1. The van der Waals surface area contributed by atoms with E-state index in [9.17, 15) is 9.18 Å². The van der Waals surface area contributed by atoms with E-state index in [-0.39, 0.29) is 16.9 Å². The maximum absolute atomic E-state index is 13.3. The second-order valence-electron chi connectivity index (χ2n) is 3.09. The topological polar surface area (TPSA) is 46.5 Å². The molecule has 0 amide bonds. The molecule has 0 saturated heterocycles. The highest BCUT2D eigenvalue weighted by atomic mass is 19.1. The summed E-state index contributed by atoms with van der Waals surface area (Å²) >= 11 is 0. The number of phenolic OH excluding ortho intramolecular Hbond substituents is 1. The van der Waals surface area contributed by atoms with Gasteiger partial charge >= 0.3 is 5.97 Å². The van der Waals surface area contributed by atoms with Crippen LogP contribution >= 0.6 is 0 Å². The van der Waals surface area contributed by atoms with Crippen LogP contribution in [0.4, 0.5) is 4.39 Å². The number of phenols is 1. The summed E-state index contributed by atoms with van der Waals surface area (Å²) in [6, 6.07) is 5.31. The van der Waals surface area contributed by atoms with Gasteiger partial charge in [0.05, 0.1) is 0 Å². The van der Waals surface area contributed by atoms with Gasteiger partial charge in [0.2, 0.25) is 0 Å². The van der Waals surface area contributed by atoms with Crippen molar-refractivity contribution >= 4 is 5.97 Å². The minimum absolute atomic E-state index is 0.0252. The van der Waals surface area contributed by atoms with Gasteiger partial charge in [-0.2, -0.15) is 4.39 Å². The normalized spacial score (nSPS) is 11.9. The van der Waals surface area contributed by atoms with Gasteiger partial charge in [-0.05, 0) is 31.2 Å². The van der Waals surface area contributed by atoms with Crippen molar-refractivity contribution in [1.82, 2.24) is 0 Å². The summed E-state index contributed by atoms with van der Waals surface area (Å²) in [6.07, 6.45) is -1.84. The Morgan fingerprint density at radius 1 is 1.47 bits per heavy atom. The van der Waals surface area contributed by atoms with E-state index in [1.807, 2.05) is 0 Å². The van der Waals surface area contributed by atoms with Crippen molar-refractivity contribution in [2.24, 2.45) is 0 Å². The lowest BCUT2D eigenvalue weighted by Gasteiger charge is -2.09. The second-order valence-corrected chi connectivity index (χ2v) is 3.09. The second kappa shape index (κ2) is 4.59. The summed E-state index contributed by atoms with van der Waals surface area (Å²) in [6.45, 7) is 4.77. The number of hydrogen-bond donors (Lipinski definition) is 1. The number of halogens is 1. The molecule has 0 heterocycles. The van der Waals surface area contributed by atoms with Crippen LogP contribution < -0.4 is 0 Å². The van der Waals surface area contributed by atoms with Crippen LogP contribution in [-0.4, -0.2) is 11.1 Å². The fourth-order valence-electron chi connectivity index (χ4n) is 0.888. The Morgan fingerprint density at radius 2 is 2.00 bits per heavy atom. The molecule has 1 aromatic rings. The average molecular weight is 210 g/mol. The highest BCUT2D eigenvalue weighted by Crippen LogP contribution is 2.21. The first-order valence-corrected chi connectivity index (χ1v) is 4.30. The molecule has 0 radical (unpaired) electrons. The SMILES string of the molecule is C=C(C)C(=O)OC(F)c1ccc(O)cc1. The van der Waals surface area contributed by atoms with Gasteiger partial charge in [-0.25, -0.2) is 4.79 Å². The number of rotatable bonds is 3. The number of ether oxygens (including phenoxy) is 1. The van der Waals surface area contributed by atoms with E-state index in [4.69, 9.17) is 5.11 Å². The van der Waals surface area contributed by atoms with Crippen molar-refractivity contribution in [3.8, 4) is 5.75 Å². The van der Waals surface area contributed by atoms with Crippen LogP contribution in [0.3, 0.4) is 0 Å². The Hall–Kier alpha value is -1.84. The molecule has 0 aliphatic carbocycles. The lowest BCUT2D eigenvalue weighted by Crippen LogP contribution is -2.08.